The third kappa shape index (κ3) is 3.75. The van der Waals surface area contributed by atoms with Gasteiger partial charge in [-0.05, 0) is 26.0 Å². The predicted octanol–water partition coefficient (Wildman–Crippen LogP) is 1.65. The Balaban J connectivity index is 2.85. The molecule has 0 saturated carbocycles. The van der Waals surface area contributed by atoms with Crippen molar-refractivity contribution in [2.24, 2.45) is 4.99 Å². The van der Waals surface area contributed by atoms with Crippen molar-refractivity contribution >= 4 is 11.9 Å². The van der Waals surface area contributed by atoms with Gasteiger partial charge >= 0.3 is 0 Å². The van der Waals surface area contributed by atoms with E-state index in [0.717, 1.165) is 18.8 Å². The summed E-state index contributed by atoms with van der Waals surface area (Å²) in [7, 11) is 0. The van der Waals surface area contributed by atoms with Crippen molar-refractivity contribution in [1.29, 1.82) is 0 Å². The lowest BCUT2D eigenvalue weighted by atomic mass is 10.2. The quantitative estimate of drug-likeness (QED) is 0.738. The van der Waals surface area contributed by atoms with Gasteiger partial charge in [0, 0.05) is 36.6 Å². The summed E-state index contributed by atoms with van der Waals surface area (Å²) >= 11 is 0. The maximum atomic E-state index is 9.85. The number of hydrogen-bond donors (Lipinski definition) is 2. The van der Waals surface area contributed by atoms with E-state index in [1.165, 1.54) is 0 Å². The molecule has 0 saturated heterocycles. The molecule has 2 N–H and O–H groups in total. The molecular weight excluding hydrogens is 216 g/mol. The van der Waals surface area contributed by atoms with Crippen LogP contribution in [0.3, 0.4) is 0 Å². The number of benzene rings is 1. The van der Waals surface area contributed by atoms with Crippen LogP contribution in [0, 0.1) is 0 Å². The molecule has 4 nitrogen and oxygen atoms in total. The third-order valence-electron chi connectivity index (χ3n) is 2.60. The van der Waals surface area contributed by atoms with E-state index >= 15 is 0 Å². The Labute approximate surface area is 102 Å². The summed E-state index contributed by atoms with van der Waals surface area (Å²) < 4.78 is 0. The van der Waals surface area contributed by atoms with Crippen molar-refractivity contribution < 1.29 is 10.2 Å². The molecule has 17 heavy (non-hydrogen) atoms. The lowest BCUT2D eigenvalue weighted by Gasteiger charge is -2.21. The highest BCUT2D eigenvalue weighted by molar-refractivity contribution is 5.84. The van der Waals surface area contributed by atoms with Crippen molar-refractivity contribution in [3.05, 3.63) is 23.8 Å². The number of aliphatic imine (C=N–C) groups is 1. The maximum absolute atomic E-state index is 9.85. The standard InChI is InChI=1S/C13H20N2O2/c1-3-15(4-2)12-6-5-11(13(17)9-12)10-14-7-8-16/h5-6,9-10,16-17H,3-4,7-8H2,1-2H3. The number of rotatable bonds is 6. The Bertz CT molecular complexity index is 374. The number of aliphatic hydroxyl groups excluding tert-OH is 1. The van der Waals surface area contributed by atoms with Crippen molar-refractivity contribution in [2.75, 3.05) is 31.1 Å². The number of hydrogen-bond acceptors (Lipinski definition) is 4. The van der Waals surface area contributed by atoms with Crippen LogP contribution in [0.1, 0.15) is 19.4 Å². The average Bonchev–Trinajstić information content (AvgIpc) is 2.33. The molecule has 0 amide bonds. The van der Waals surface area contributed by atoms with Crippen LogP contribution in [0.2, 0.25) is 0 Å². The van der Waals surface area contributed by atoms with Crippen molar-refractivity contribution in [2.45, 2.75) is 13.8 Å². The molecule has 0 heterocycles. The first-order valence-corrected chi connectivity index (χ1v) is 5.91. The summed E-state index contributed by atoms with van der Waals surface area (Å²) in [5.41, 5.74) is 1.68. The zero-order valence-electron chi connectivity index (χ0n) is 10.4. The molecule has 0 spiro atoms. The Morgan fingerprint density at radius 3 is 2.53 bits per heavy atom. The molecule has 0 aliphatic heterocycles. The van der Waals surface area contributed by atoms with Gasteiger partial charge in [-0.25, -0.2) is 0 Å². The van der Waals surface area contributed by atoms with Gasteiger partial charge in [-0.1, -0.05) is 0 Å². The van der Waals surface area contributed by atoms with Gasteiger partial charge in [0.05, 0.1) is 13.2 Å². The smallest absolute Gasteiger partial charge is 0.126 e. The maximum Gasteiger partial charge on any atom is 0.126 e. The van der Waals surface area contributed by atoms with E-state index in [4.69, 9.17) is 5.11 Å². The Hall–Kier alpha value is -1.55. The molecule has 0 aliphatic carbocycles. The number of phenols is 1. The third-order valence-corrected chi connectivity index (χ3v) is 2.60. The van der Waals surface area contributed by atoms with Crippen LogP contribution in [-0.4, -0.2) is 42.7 Å². The molecule has 0 fully saturated rings. The summed E-state index contributed by atoms with van der Waals surface area (Å²) in [6, 6.07) is 5.55. The van der Waals surface area contributed by atoms with Crippen molar-refractivity contribution in [3.63, 3.8) is 0 Å². The molecule has 0 aliphatic rings. The van der Waals surface area contributed by atoms with Gasteiger partial charge in [-0.15, -0.1) is 0 Å². The van der Waals surface area contributed by atoms with Crippen molar-refractivity contribution in [1.82, 2.24) is 0 Å². The molecule has 0 radical (unpaired) electrons. The first-order valence-electron chi connectivity index (χ1n) is 5.91. The van der Waals surface area contributed by atoms with Gasteiger partial charge in [0.25, 0.3) is 0 Å². The van der Waals surface area contributed by atoms with Crippen LogP contribution in [-0.2, 0) is 0 Å². The van der Waals surface area contributed by atoms with Crippen LogP contribution in [0.15, 0.2) is 23.2 Å². The zero-order chi connectivity index (χ0) is 12.7. The van der Waals surface area contributed by atoms with Crippen LogP contribution >= 0.6 is 0 Å². The van der Waals surface area contributed by atoms with Crippen LogP contribution in [0.25, 0.3) is 0 Å². The van der Waals surface area contributed by atoms with Crippen LogP contribution in [0.5, 0.6) is 5.75 Å². The van der Waals surface area contributed by atoms with E-state index in [-0.39, 0.29) is 12.4 Å². The van der Waals surface area contributed by atoms with E-state index in [2.05, 4.69) is 23.7 Å². The van der Waals surface area contributed by atoms with E-state index in [1.807, 2.05) is 12.1 Å². The molecule has 1 rings (SSSR count). The molecule has 0 atom stereocenters. The lowest BCUT2D eigenvalue weighted by molar-refractivity contribution is 0.307. The zero-order valence-corrected chi connectivity index (χ0v) is 10.4. The number of aromatic hydroxyl groups is 1. The molecule has 94 valence electrons. The highest BCUT2D eigenvalue weighted by atomic mass is 16.3. The highest BCUT2D eigenvalue weighted by Crippen LogP contribution is 2.23. The molecule has 1 aromatic carbocycles. The van der Waals surface area contributed by atoms with E-state index in [1.54, 1.807) is 12.3 Å². The van der Waals surface area contributed by atoms with Gasteiger partial charge in [0.1, 0.15) is 5.75 Å². The van der Waals surface area contributed by atoms with Crippen molar-refractivity contribution in [3.8, 4) is 5.75 Å². The Kier molecular flexibility index (Phi) is 5.49. The second kappa shape index (κ2) is 6.91. The topological polar surface area (TPSA) is 56.1 Å². The first-order chi connectivity index (χ1) is 8.22. The van der Waals surface area contributed by atoms with E-state index in [9.17, 15) is 5.11 Å². The summed E-state index contributed by atoms with van der Waals surface area (Å²) in [4.78, 5) is 6.15. The summed E-state index contributed by atoms with van der Waals surface area (Å²) in [5, 5.41) is 18.5. The molecular formula is C13H20N2O2. The molecule has 0 aromatic heterocycles. The Morgan fingerprint density at radius 2 is 2.00 bits per heavy atom. The fraction of sp³-hybridized carbons (Fsp3) is 0.462. The fourth-order valence-corrected chi connectivity index (χ4v) is 1.65. The number of aliphatic hydroxyl groups is 1. The van der Waals surface area contributed by atoms with E-state index in [0.29, 0.717) is 12.1 Å². The molecule has 4 heteroatoms. The minimum Gasteiger partial charge on any atom is -0.507 e. The summed E-state index contributed by atoms with van der Waals surface area (Å²) in [6.07, 6.45) is 1.58. The van der Waals surface area contributed by atoms with Gasteiger partial charge in [0.2, 0.25) is 0 Å². The second-order valence-electron chi connectivity index (χ2n) is 3.67. The number of nitrogens with zero attached hydrogens (tertiary/aromatic N) is 2. The number of anilines is 1. The van der Waals surface area contributed by atoms with Gasteiger partial charge < -0.3 is 15.1 Å². The number of phenolic OH excluding ortho intramolecular Hbond substituents is 1. The normalized spacial score (nSPS) is 11.0. The largest absolute Gasteiger partial charge is 0.507 e. The molecule has 1 aromatic rings. The first kappa shape index (κ1) is 13.5. The summed E-state index contributed by atoms with van der Waals surface area (Å²) in [6.45, 7) is 6.36. The molecule has 0 unspecified atom stereocenters. The predicted molar refractivity (Wildman–Crippen MR) is 71.2 cm³/mol. The minimum atomic E-state index is 0.0226. The highest BCUT2D eigenvalue weighted by Gasteiger charge is 2.05. The monoisotopic (exact) mass is 236 g/mol. The van der Waals surface area contributed by atoms with Gasteiger partial charge in [0.15, 0.2) is 0 Å². The Morgan fingerprint density at radius 1 is 1.29 bits per heavy atom. The fourth-order valence-electron chi connectivity index (χ4n) is 1.65. The van der Waals surface area contributed by atoms with Gasteiger partial charge in [-0.3, -0.25) is 4.99 Å². The average molecular weight is 236 g/mol. The van der Waals surface area contributed by atoms with Crippen LogP contribution in [0.4, 0.5) is 5.69 Å². The van der Waals surface area contributed by atoms with E-state index < -0.39 is 0 Å². The SMILES string of the molecule is CCN(CC)c1ccc(C=NCCO)c(O)c1. The minimum absolute atomic E-state index is 0.0226. The summed E-state index contributed by atoms with van der Waals surface area (Å²) in [5.74, 6) is 0.219. The molecule has 0 bridgehead atoms. The van der Waals surface area contributed by atoms with Gasteiger partial charge in [-0.2, -0.15) is 0 Å². The van der Waals surface area contributed by atoms with Crippen LogP contribution < -0.4 is 4.90 Å². The lowest BCUT2D eigenvalue weighted by Crippen LogP contribution is -2.21. The second-order valence-corrected chi connectivity index (χ2v) is 3.67.